The molecule has 0 bridgehead atoms. The molecule has 0 aliphatic rings. The van der Waals surface area contributed by atoms with Crippen LogP contribution in [0, 0.1) is 17.0 Å². The van der Waals surface area contributed by atoms with Crippen molar-refractivity contribution in [2.45, 2.75) is 13.3 Å². The second-order valence-corrected chi connectivity index (χ2v) is 3.24. The lowest BCUT2D eigenvalue weighted by molar-refractivity contribution is -0.389. The van der Waals surface area contributed by atoms with Gasteiger partial charge in [-0.1, -0.05) is 0 Å². The zero-order valence-corrected chi connectivity index (χ0v) is 9.65. The summed E-state index contributed by atoms with van der Waals surface area (Å²) in [6.07, 6.45) is -4.66. The minimum absolute atomic E-state index is 0.376. The zero-order valence-electron chi connectivity index (χ0n) is 9.65. The molecule has 0 spiro atoms. The quantitative estimate of drug-likeness (QED) is 0.477. The zero-order chi connectivity index (χ0) is 14.8. The number of ether oxygens (including phenoxy) is 2. The van der Waals surface area contributed by atoms with E-state index in [1.807, 2.05) is 0 Å². The molecule has 10 heteroatoms. The second kappa shape index (κ2) is 5.08. The van der Waals surface area contributed by atoms with Gasteiger partial charge in [0.25, 0.3) is 0 Å². The highest BCUT2D eigenvalue weighted by atomic mass is 19.4. The molecule has 0 amide bonds. The maximum atomic E-state index is 12.1. The Bertz CT molecular complexity index is 529. The number of aromatic nitrogens is 1. The monoisotopic (exact) mass is 280 g/mol. The van der Waals surface area contributed by atoms with Gasteiger partial charge in [0.05, 0.1) is 23.8 Å². The van der Waals surface area contributed by atoms with Crippen molar-refractivity contribution in [3.05, 3.63) is 27.6 Å². The fourth-order valence-electron chi connectivity index (χ4n) is 1.31. The highest BCUT2D eigenvalue weighted by molar-refractivity contribution is 5.90. The molecule has 7 nitrogen and oxygen atoms in total. The number of alkyl halides is 3. The van der Waals surface area contributed by atoms with Gasteiger partial charge < -0.3 is 9.47 Å². The number of hydrogen-bond acceptors (Lipinski definition) is 6. The van der Waals surface area contributed by atoms with Crippen molar-refractivity contribution in [1.82, 2.24) is 4.98 Å². The Morgan fingerprint density at radius 3 is 2.47 bits per heavy atom. The molecular weight excluding hydrogens is 273 g/mol. The molecule has 1 aromatic rings. The first kappa shape index (κ1) is 14.7. The van der Waals surface area contributed by atoms with Crippen LogP contribution in [-0.4, -0.2) is 29.3 Å². The average molecular weight is 280 g/mol. The van der Waals surface area contributed by atoms with Gasteiger partial charge in [-0.05, 0) is 6.92 Å². The van der Waals surface area contributed by atoms with Gasteiger partial charge in [-0.2, -0.15) is 0 Å². The Morgan fingerprint density at radius 2 is 2.05 bits per heavy atom. The Hall–Kier alpha value is -2.39. The van der Waals surface area contributed by atoms with Crippen LogP contribution >= 0.6 is 0 Å². The lowest BCUT2D eigenvalue weighted by Crippen LogP contribution is -2.19. The Labute approximate surface area is 104 Å². The maximum Gasteiger partial charge on any atom is 0.573 e. The van der Waals surface area contributed by atoms with E-state index in [1.54, 1.807) is 0 Å². The van der Waals surface area contributed by atoms with Gasteiger partial charge in [0.1, 0.15) is 0 Å². The average Bonchev–Trinajstić information content (AvgIpc) is 2.25. The smallest absolute Gasteiger partial charge is 0.464 e. The van der Waals surface area contributed by atoms with E-state index < -0.39 is 34.4 Å². The van der Waals surface area contributed by atoms with Gasteiger partial charge in [0.2, 0.25) is 5.75 Å². The summed E-state index contributed by atoms with van der Waals surface area (Å²) in [5.41, 5.74) is -1.82. The van der Waals surface area contributed by atoms with E-state index >= 15 is 0 Å². The summed E-state index contributed by atoms with van der Waals surface area (Å²) in [6.45, 7) is 1.07. The number of esters is 1. The van der Waals surface area contributed by atoms with Gasteiger partial charge in [-0.3, -0.25) is 10.1 Å². The number of rotatable bonds is 3. The normalized spacial score (nSPS) is 11.0. The molecule has 19 heavy (non-hydrogen) atoms. The number of carbonyl (C=O) groups is 1. The van der Waals surface area contributed by atoms with E-state index in [0.717, 1.165) is 14.0 Å². The number of hydrogen-bond donors (Lipinski definition) is 0. The molecule has 0 radical (unpaired) electrons. The highest BCUT2D eigenvalue weighted by Crippen LogP contribution is 2.35. The molecule has 0 fully saturated rings. The van der Waals surface area contributed by atoms with E-state index in [2.05, 4.69) is 14.5 Å². The number of halogens is 3. The van der Waals surface area contributed by atoms with Crippen LogP contribution in [0.1, 0.15) is 16.1 Å². The minimum atomic E-state index is -5.11. The molecule has 0 N–H and O–H groups in total. The number of pyridine rings is 1. The molecule has 1 heterocycles. The number of methoxy groups -OCH3 is 1. The Kier molecular flexibility index (Phi) is 3.92. The van der Waals surface area contributed by atoms with Gasteiger partial charge in [-0.25, -0.2) is 9.78 Å². The van der Waals surface area contributed by atoms with Crippen LogP contribution in [0.2, 0.25) is 0 Å². The lowest BCUT2D eigenvalue weighted by atomic mass is 10.1. The van der Waals surface area contributed by atoms with Crippen molar-refractivity contribution in [3.63, 3.8) is 0 Å². The summed E-state index contributed by atoms with van der Waals surface area (Å²) in [7, 11) is 1.01. The number of carbonyl (C=O) groups excluding carboxylic acids is 1. The molecule has 1 rings (SSSR count). The standard InChI is InChI=1S/C9H7F3N2O5/c1-4-6(8(15)18-2)13-3-5(7(4)14(16)17)19-9(10,11)12/h3H,1-2H3. The fraction of sp³-hybridized carbons (Fsp3) is 0.333. The Morgan fingerprint density at radius 1 is 1.47 bits per heavy atom. The first-order valence-corrected chi connectivity index (χ1v) is 4.65. The van der Waals surface area contributed by atoms with Crippen LogP contribution in [0.5, 0.6) is 5.75 Å². The van der Waals surface area contributed by atoms with Gasteiger partial charge >= 0.3 is 18.0 Å². The van der Waals surface area contributed by atoms with E-state index in [4.69, 9.17) is 0 Å². The molecular formula is C9H7F3N2O5. The van der Waals surface area contributed by atoms with Crippen molar-refractivity contribution >= 4 is 11.7 Å². The molecule has 0 atom stereocenters. The minimum Gasteiger partial charge on any atom is -0.464 e. The van der Waals surface area contributed by atoms with Crippen molar-refractivity contribution < 1.29 is 32.4 Å². The molecule has 0 aliphatic carbocycles. The topological polar surface area (TPSA) is 91.6 Å². The molecule has 104 valence electrons. The van der Waals surface area contributed by atoms with E-state index in [1.165, 1.54) is 0 Å². The third kappa shape index (κ3) is 3.30. The number of nitro groups is 1. The SMILES string of the molecule is COC(=O)c1ncc(OC(F)(F)F)c([N+](=O)[O-])c1C. The summed E-state index contributed by atoms with van der Waals surface area (Å²) in [5.74, 6) is -2.10. The van der Waals surface area contributed by atoms with Crippen LogP contribution in [-0.2, 0) is 4.74 Å². The van der Waals surface area contributed by atoms with Gasteiger partial charge in [0, 0.05) is 0 Å². The molecule has 0 saturated heterocycles. The molecule has 0 unspecified atom stereocenters. The van der Waals surface area contributed by atoms with E-state index in [-0.39, 0.29) is 5.56 Å². The second-order valence-electron chi connectivity index (χ2n) is 3.24. The van der Waals surface area contributed by atoms with Crippen molar-refractivity contribution in [2.24, 2.45) is 0 Å². The third-order valence-corrected chi connectivity index (χ3v) is 2.04. The van der Waals surface area contributed by atoms with Crippen LogP contribution in [0.25, 0.3) is 0 Å². The van der Waals surface area contributed by atoms with Crippen LogP contribution in [0.4, 0.5) is 18.9 Å². The predicted octanol–water partition coefficient (Wildman–Crippen LogP) is 1.98. The van der Waals surface area contributed by atoms with Crippen molar-refractivity contribution in [3.8, 4) is 5.75 Å². The first-order valence-electron chi connectivity index (χ1n) is 4.65. The summed E-state index contributed by atoms with van der Waals surface area (Å²) in [5, 5.41) is 10.8. The van der Waals surface area contributed by atoms with Crippen LogP contribution in [0.3, 0.4) is 0 Å². The number of nitrogens with zero attached hydrogens (tertiary/aromatic N) is 2. The summed E-state index contributed by atoms with van der Waals surface area (Å²) < 4.78 is 44.0. The summed E-state index contributed by atoms with van der Waals surface area (Å²) in [4.78, 5) is 24.3. The molecule has 0 saturated carbocycles. The predicted molar refractivity (Wildman–Crippen MR) is 53.7 cm³/mol. The van der Waals surface area contributed by atoms with E-state index in [9.17, 15) is 28.1 Å². The highest BCUT2D eigenvalue weighted by Gasteiger charge is 2.36. The van der Waals surface area contributed by atoms with Gasteiger partial charge in [-0.15, -0.1) is 13.2 Å². The summed E-state index contributed by atoms with van der Waals surface area (Å²) >= 11 is 0. The largest absolute Gasteiger partial charge is 0.573 e. The third-order valence-electron chi connectivity index (χ3n) is 2.04. The Balaban J connectivity index is 3.40. The van der Waals surface area contributed by atoms with Gasteiger partial charge in [0.15, 0.2) is 5.69 Å². The van der Waals surface area contributed by atoms with Crippen molar-refractivity contribution in [1.29, 1.82) is 0 Å². The lowest BCUT2D eigenvalue weighted by Gasteiger charge is -2.11. The molecule has 0 aromatic carbocycles. The fourth-order valence-corrected chi connectivity index (χ4v) is 1.31. The molecule has 0 aliphatic heterocycles. The first-order chi connectivity index (χ1) is 8.67. The van der Waals surface area contributed by atoms with E-state index in [0.29, 0.717) is 6.20 Å². The van der Waals surface area contributed by atoms with Crippen LogP contribution < -0.4 is 4.74 Å². The van der Waals surface area contributed by atoms with Crippen molar-refractivity contribution in [2.75, 3.05) is 7.11 Å². The summed E-state index contributed by atoms with van der Waals surface area (Å²) in [6, 6.07) is 0. The molecule has 1 aromatic heterocycles. The van der Waals surface area contributed by atoms with Crippen LogP contribution in [0.15, 0.2) is 6.20 Å². The maximum absolute atomic E-state index is 12.1.